The molecule has 0 radical (unpaired) electrons. The molecular weight excluding hydrogens is 184 g/mol. The number of thiophene rings is 1. The molecule has 2 amide bonds. The summed E-state index contributed by atoms with van der Waals surface area (Å²) in [5.74, 6) is 0. The Morgan fingerprint density at radius 3 is 3.00 bits per heavy atom. The molecule has 13 heavy (non-hydrogen) atoms. The molecule has 0 aliphatic rings. The second-order valence-corrected chi connectivity index (χ2v) is 3.52. The van der Waals surface area contributed by atoms with Gasteiger partial charge in [-0.15, -0.1) is 0 Å². The molecule has 0 saturated heterocycles. The Kier molecular flexibility index (Phi) is 4.32. The van der Waals surface area contributed by atoms with Crippen molar-refractivity contribution in [3.63, 3.8) is 0 Å². The zero-order valence-corrected chi connectivity index (χ0v) is 8.49. The molecule has 72 valence electrons. The zero-order chi connectivity index (χ0) is 9.52. The highest BCUT2D eigenvalue weighted by atomic mass is 32.1. The van der Waals surface area contributed by atoms with E-state index in [-0.39, 0.29) is 6.03 Å². The Balaban J connectivity index is 2.15. The molecule has 2 N–H and O–H groups in total. The lowest BCUT2D eigenvalue weighted by Crippen LogP contribution is -2.35. The summed E-state index contributed by atoms with van der Waals surface area (Å²) >= 11 is 1.64. The van der Waals surface area contributed by atoms with Crippen LogP contribution in [0, 0.1) is 0 Å². The number of carbonyl (C=O) groups is 1. The lowest BCUT2D eigenvalue weighted by atomic mass is 10.3. The summed E-state index contributed by atoms with van der Waals surface area (Å²) < 4.78 is 0. The van der Waals surface area contributed by atoms with Gasteiger partial charge in [-0.25, -0.2) is 4.79 Å². The number of rotatable bonds is 4. The fraction of sp³-hybridized carbons (Fsp3) is 0.444. The van der Waals surface area contributed by atoms with Crippen molar-refractivity contribution in [3.8, 4) is 0 Å². The van der Waals surface area contributed by atoms with Gasteiger partial charge < -0.3 is 10.6 Å². The van der Waals surface area contributed by atoms with Crippen molar-refractivity contribution in [1.29, 1.82) is 0 Å². The van der Waals surface area contributed by atoms with Crippen LogP contribution >= 0.6 is 11.3 Å². The molecule has 0 bridgehead atoms. The largest absolute Gasteiger partial charge is 0.338 e. The predicted molar refractivity (Wildman–Crippen MR) is 54.8 cm³/mol. The second-order valence-electron chi connectivity index (χ2n) is 2.74. The third-order valence-electron chi connectivity index (χ3n) is 1.57. The minimum atomic E-state index is -0.0898. The summed E-state index contributed by atoms with van der Waals surface area (Å²) in [6, 6.07) is 1.91. The molecule has 4 heteroatoms. The van der Waals surface area contributed by atoms with Gasteiger partial charge >= 0.3 is 6.03 Å². The van der Waals surface area contributed by atoms with Gasteiger partial charge in [-0.05, 0) is 28.8 Å². The first-order chi connectivity index (χ1) is 6.33. The SMILES string of the molecule is CCCNC(=O)NCc1ccsc1. The molecule has 0 atom stereocenters. The van der Waals surface area contributed by atoms with Gasteiger partial charge in [-0.1, -0.05) is 6.92 Å². The summed E-state index contributed by atoms with van der Waals surface area (Å²) in [4.78, 5) is 11.1. The van der Waals surface area contributed by atoms with Crippen LogP contribution in [0.1, 0.15) is 18.9 Å². The Labute approximate surface area is 82.2 Å². The minimum Gasteiger partial charge on any atom is -0.338 e. The lowest BCUT2D eigenvalue weighted by Gasteiger charge is -2.04. The number of urea groups is 1. The molecule has 0 aromatic carbocycles. The van der Waals surface area contributed by atoms with Crippen LogP contribution in [0.25, 0.3) is 0 Å². The van der Waals surface area contributed by atoms with E-state index >= 15 is 0 Å². The molecule has 0 aliphatic carbocycles. The highest BCUT2D eigenvalue weighted by molar-refractivity contribution is 7.07. The second kappa shape index (κ2) is 5.59. The van der Waals surface area contributed by atoms with Gasteiger partial charge in [0.25, 0.3) is 0 Å². The van der Waals surface area contributed by atoms with E-state index in [2.05, 4.69) is 10.6 Å². The normalized spacial score (nSPS) is 9.62. The summed E-state index contributed by atoms with van der Waals surface area (Å²) in [6.45, 7) is 3.37. The number of hydrogen-bond donors (Lipinski definition) is 2. The van der Waals surface area contributed by atoms with E-state index in [0.717, 1.165) is 18.5 Å². The quantitative estimate of drug-likeness (QED) is 0.763. The number of hydrogen-bond acceptors (Lipinski definition) is 2. The number of amides is 2. The van der Waals surface area contributed by atoms with E-state index in [1.807, 2.05) is 23.8 Å². The fourth-order valence-corrected chi connectivity index (χ4v) is 1.55. The first-order valence-electron chi connectivity index (χ1n) is 4.35. The van der Waals surface area contributed by atoms with E-state index in [4.69, 9.17) is 0 Å². The molecular formula is C9H14N2OS. The Morgan fingerprint density at radius 2 is 2.38 bits per heavy atom. The molecule has 0 saturated carbocycles. The van der Waals surface area contributed by atoms with Crippen molar-refractivity contribution in [1.82, 2.24) is 10.6 Å². The molecule has 1 aromatic rings. The van der Waals surface area contributed by atoms with Gasteiger partial charge in [0.2, 0.25) is 0 Å². The summed E-state index contributed by atoms with van der Waals surface area (Å²) in [5, 5.41) is 9.55. The highest BCUT2D eigenvalue weighted by Crippen LogP contribution is 2.04. The van der Waals surface area contributed by atoms with Gasteiger partial charge in [0, 0.05) is 13.1 Å². The van der Waals surface area contributed by atoms with Crippen molar-refractivity contribution >= 4 is 17.4 Å². The van der Waals surface area contributed by atoms with Gasteiger partial charge in [-0.3, -0.25) is 0 Å². The van der Waals surface area contributed by atoms with Crippen molar-refractivity contribution < 1.29 is 4.79 Å². The van der Waals surface area contributed by atoms with E-state index in [1.54, 1.807) is 11.3 Å². The lowest BCUT2D eigenvalue weighted by molar-refractivity contribution is 0.240. The Bertz CT molecular complexity index is 246. The summed E-state index contributed by atoms with van der Waals surface area (Å²) in [5.41, 5.74) is 1.15. The minimum absolute atomic E-state index is 0.0898. The highest BCUT2D eigenvalue weighted by Gasteiger charge is 1.98. The molecule has 1 aromatic heterocycles. The van der Waals surface area contributed by atoms with Gasteiger partial charge in [0.1, 0.15) is 0 Å². The van der Waals surface area contributed by atoms with Crippen LogP contribution < -0.4 is 10.6 Å². The maximum absolute atomic E-state index is 11.1. The van der Waals surface area contributed by atoms with E-state index in [1.165, 1.54) is 0 Å². The smallest absolute Gasteiger partial charge is 0.315 e. The van der Waals surface area contributed by atoms with Crippen LogP contribution in [0.15, 0.2) is 16.8 Å². The molecule has 3 nitrogen and oxygen atoms in total. The standard InChI is InChI=1S/C9H14N2OS/c1-2-4-10-9(12)11-6-8-3-5-13-7-8/h3,5,7H,2,4,6H2,1H3,(H2,10,11,12). The number of nitrogens with one attached hydrogen (secondary N) is 2. The van der Waals surface area contributed by atoms with E-state index in [0.29, 0.717) is 6.54 Å². The molecule has 0 fully saturated rings. The molecule has 1 heterocycles. The van der Waals surface area contributed by atoms with Crippen LogP contribution in [-0.2, 0) is 6.54 Å². The first kappa shape index (κ1) is 10.1. The van der Waals surface area contributed by atoms with Crippen LogP contribution in [-0.4, -0.2) is 12.6 Å². The Morgan fingerprint density at radius 1 is 1.54 bits per heavy atom. The average Bonchev–Trinajstić information content (AvgIpc) is 2.64. The van der Waals surface area contributed by atoms with Crippen molar-refractivity contribution in [2.45, 2.75) is 19.9 Å². The van der Waals surface area contributed by atoms with Crippen LogP contribution in [0.2, 0.25) is 0 Å². The summed E-state index contributed by atoms with van der Waals surface area (Å²) in [6.07, 6.45) is 0.964. The molecule has 0 unspecified atom stereocenters. The van der Waals surface area contributed by atoms with Gasteiger partial charge in [-0.2, -0.15) is 11.3 Å². The van der Waals surface area contributed by atoms with Crippen molar-refractivity contribution in [3.05, 3.63) is 22.4 Å². The van der Waals surface area contributed by atoms with Gasteiger partial charge in [0.05, 0.1) is 0 Å². The van der Waals surface area contributed by atoms with Crippen molar-refractivity contribution in [2.24, 2.45) is 0 Å². The monoisotopic (exact) mass is 198 g/mol. The Hall–Kier alpha value is -1.03. The van der Waals surface area contributed by atoms with Crippen LogP contribution in [0.3, 0.4) is 0 Å². The average molecular weight is 198 g/mol. The van der Waals surface area contributed by atoms with Crippen molar-refractivity contribution in [2.75, 3.05) is 6.54 Å². The third kappa shape index (κ3) is 3.94. The molecule has 0 aliphatic heterocycles. The maximum atomic E-state index is 11.1. The number of carbonyl (C=O) groups excluding carboxylic acids is 1. The summed E-state index contributed by atoms with van der Waals surface area (Å²) in [7, 11) is 0. The third-order valence-corrected chi connectivity index (χ3v) is 2.30. The topological polar surface area (TPSA) is 41.1 Å². The fourth-order valence-electron chi connectivity index (χ4n) is 0.877. The molecule has 1 rings (SSSR count). The van der Waals surface area contributed by atoms with Crippen LogP contribution in [0.5, 0.6) is 0 Å². The molecule has 0 spiro atoms. The first-order valence-corrected chi connectivity index (χ1v) is 5.30. The maximum Gasteiger partial charge on any atom is 0.315 e. The van der Waals surface area contributed by atoms with E-state index in [9.17, 15) is 4.79 Å². The zero-order valence-electron chi connectivity index (χ0n) is 7.67. The van der Waals surface area contributed by atoms with E-state index < -0.39 is 0 Å². The van der Waals surface area contributed by atoms with Crippen LogP contribution in [0.4, 0.5) is 4.79 Å². The predicted octanol–water partition coefficient (Wildman–Crippen LogP) is 1.96. The van der Waals surface area contributed by atoms with Gasteiger partial charge in [0.15, 0.2) is 0 Å².